The number of alkyl halides is 2. The molecule has 1 aromatic carbocycles. The number of hydrogen-bond acceptors (Lipinski definition) is 3. The fourth-order valence-corrected chi connectivity index (χ4v) is 1.57. The molecule has 0 spiro atoms. The van der Waals surface area contributed by atoms with Crippen molar-refractivity contribution in [2.24, 2.45) is 0 Å². The van der Waals surface area contributed by atoms with Crippen molar-refractivity contribution < 1.29 is 23.2 Å². The molecule has 0 heterocycles. The highest BCUT2D eigenvalue weighted by atomic mass is 31.1. The molecule has 92 valence electrons. The Morgan fingerprint density at radius 3 is 2.35 bits per heavy atom. The minimum absolute atomic E-state index is 0.0598. The average molecular weight is 261 g/mol. The molecule has 1 aromatic rings. The number of carbonyl (C=O) groups is 1. The van der Waals surface area contributed by atoms with Gasteiger partial charge in [-0.3, -0.25) is 9.36 Å². The number of nitrogens with one attached hydrogen (secondary N) is 1. The molecular weight excluding hydrogens is 251 g/mol. The van der Waals surface area contributed by atoms with Crippen LogP contribution in [0.15, 0.2) is 24.3 Å². The van der Waals surface area contributed by atoms with Crippen LogP contribution in [0.3, 0.4) is 0 Å². The predicted molar refractivity (Wildman–Crippen MR) is 58.0 cm³/mol. The summed E-state index contributed by atoms with van der Waals surface area (Å²) in [6.07, 6.45) is -0.0598. The van der Waals surface area contributed by atoms with Crippen LogP contribution >= 0.6 is 8.46 Å². The van der Waals surface area contributed by atoms with Crippen LogP contribution in [0.5, 0.6) is 0 Å². The van der Waals surface area contributed by atoms with E-state index < -0.39 is 18.6 Å². The molecule has 0 aliphatic heterocycles. The molecule has 0 saturated heterocycles. The van der Waals surface area contributed by atoms with Gasteiger partial charge in [-0.25, -0.2) is 5.32 Å². The number of carboxylic acid groups (broad SMARTS) is 1. The predicted octanol–water partition coefficient (Wildman–Crippen LogP) is 1.41. The molecule has 4 nitrogen and oxygen atoms in total. The Balaban J connectivity index is 2.71. The van der Waals surface area contributed by atoms with Crippen LogP contribution in [0.4, 0.5) is 8.78 Å². The van der Waals surface area contributed by atoms with Gasteiger partial charge in [0.1, 0.15) is 6.04 Å². The second kappa shape index (κ2) is 6.37. The largest absolute Gasteiger partial charge is 0.480 e. The first kappa shape index (κ1) is 13.7. The number of benzene rings is 1. The molecule has 0 aliphatic rings. The molecule has 17 heavy (non-hydrogen) atoms. The lowest BCUT2D eigenvalue weighted by atomic mass is 10.1. The summed E-state index contributed by atoms with van der Waals surface area (Å²) in [6.45, 7) is -2.88. The Kier molecular flexibility index (Phi) is 5.12. The quantitative estimate of drug-likeness (QED) is 0.600. The maximum atomic E-state index is 12.0. The van der Waals surface area contributed by atoms with E-state index in [1.165, 1.54) is 0 Å². The van der Waals surface area contributed by atoms with E-state index in [1.807, 2.05) is 0 Å². The highest BCUT2D eigenvalue weighted by molar-refractivity contribution is 7.34. The molecule has 0 aliphatic carbocycles. The fraction of sp³-hybridized carbons (Fsp3) is 0.300. The molecule has 0 fully saturated rings. The average Bonchev–Trinajstić information content (AvgIpc) is 2.28. The van der Waals surface area contributed by atoms with E-state index in [0.29, 0.717) is 10.9 Å². The molecule has 1 rings (SSSR count). The number of aliphatic carboxylic acids is 1. The minimum atomic E-state index is -2.88. The van der Waals surface area contributed by atoms with Gasteiger partial charge >= 0.3 is 5.97 Å². The van der Waals surface area contributed by atoms with E-state index in [0.717, 1.165) is 0 Å². The summed E-state index contributed by atoms with van der Waals surface area (Å²) < 4.78 is 34.6. The Labute approximate surface area is 97.8 Å². The summed E-state index contributed by atoms with van der Waals surface area (Å²) in [4.78, 5) is 10.7. The monoisotopic (exact) mass is 261 g/mol. The van der Waals surface area contributed by atoms with Gasteiger partial charge in [0, 0.05) is 5.30 Å². The van der Waals surface area contributed by atoms with E-state index in [1.54, 1.807) is 29.6 Å². The molecule has 0 amide bonds. The van der Waals surface area contributed by atoms with E-state index in [2.05, 4.69) is 0 Å². The molecule has 2 N–H and O–H groups in total. The van der Waals surface area contributed by atoms with Crippen molar-refractivity contribution in [3.8, 4) is 0 Å². The van der Waals surface area contributed by atoms with E-state index >= 15 is 0 Å². The minimum Gasteiger partial charge on any atom is -0.480 e. The first-order valence-electron chi connectivity index (χ1n) is 4.72. The normalized spacial score (nSPS) is 12.9. The van der Waals surface area contributed by atoms with Crippen LogP contribution in [0.25, 0.3) is 0 Å². The summed E-state index contributed by atoms with van der Waals surface area (Å²) in [5.74, 6) is -1.34. The van der Waals surface area contributed by atoms with Crippen LogP contribution in [-0.4, -0.2) is 23.7 Å². The standard InChI is InChI=1S/C10H10F2NO3P/c11-10(12)13-8(9(14)15)5-6-1-3-7(17-16)4-2-6/h1-4,8,10,13H,5H2,(H,14,15)/t8-/m0/s1. The maximum Gasteiger partial charge on any atom is 0.321 e. The van der Waals surface area contributed by atoms with Crippen molar-refractivity contribution in [1.29, 1.82) is 0 Å². The van der Waals surface area contributed by atoms with Crippen molar-refractivity contribution in [2.75, 3.05) is 0 Å². The van der Waals surface area contributed by atoms with Gasteiger partial charge in [0.15, 0.2) is 8.46 Å². The smallest absolute Gasteiger partial charge is 0.321 e. The van der Waals surface area contributed by atoms with Gasteiger partial charge in [-0.1, -0.05) is 12.1 Å². The zero-order valence-electron chi connectivity index (χ0n) is 8.64. The summed E-state index contributed by atoms with van der Waals surface area (Å²) in [5, 5.41) is 10.9. The summed E-state index contributed by atoms with van der Waals surface area (Å²) in [6, 6.07) is 4.87. The number of hydrogen-bond donors (Lipinski definition) is 2. The zero-order chi connectivity index (χ0) is 12.8. The highest BCUT2D eigenvalue weighted by Gasteiger charge is 2.21. The fourth-order valence-electron chi connectivity index (χ4n) is 1.30. The van der Waals surface area contributed by atoms with Gasteiger partial charge < -0.3 is 5.11 Å². The maximum absolute atomic E-state index is 12.0. The first-order chi connectivity index (χ1) is 8.02. The highest BCUT2D eigenvalue weighted by Crippen LogP contribution is 2.06. The van der Waals surface area contributed by atoms with Crippen LogP contribution in [0, 0.1) is 0 Å². The third-order valence-corrected chi connectivity index (χ3v) is 2.62. The second-order valence-electron chi connectivity index (χ2n) is 3.32. The number of carboxylic acids is 1. The third kappa shape index (κ3) is 4.54. The van der Waals surface area contributed by atoms with Gasteiger partial charge in [-0.15, -0.1) is 0 Å². The number of rotatable bonds is 6. The topological polar surface area (TPSA) is 66.4 Å². The van der Waals surface area contributed by atoms with Gasteiger partial charge in [-0.2, -0.15) is 8.78 Å². The van der Waals surface area contributed by atoms with Crippen molar-refractivity contribution in [1.82, 2.24) is 5.32 Å². The van der Waals surface area contributed by atoms with Crippen molar-refractivity contribution >= 4 is 19.7 Å². The van der Waals surface area contributed by atoms with Crippen molar-refractivity contribution in [3.63, 3.8) is 0 Å². The van der Waals surface area contributed by atoms with Gasteiger partial charge in [0.2, 0.25) is 0 Å². The molecule has 0 radical (unpaired) electrons. The number of halogens is 2. The van der Waals surface area contributed by atoms with Crippen molar-refractivity contribution in [2.45, 2.75) is 19.0 Å². The summed E-state index contributed by atoms with van der Waals surface area (Å²) >= 11 is 0. The Morgan fingerprint density at radius 2 is 1.94 bits per heavy atom. The SMILES string of the molecule is O=Pc1ccc(C[C@H](NC(F)F)C(=O)O)cc1. The van der Waals surface area contributed by atoms with E-state index in [-0.39, 0.29) is 14.9 Å². The Hall–Kier alpha value is -1.39. The van der Waals surface area contributed by atoms with Gasteiger partial charge in [-0.05, 0) is 24.1 Å². The lowest BCUT2D eigenvalue weighted by Gasteiger charge is -2.13. The lowest BCUT2D eigenvalue weighted by Crippen LogP contribution is -2.41. The van der Waals surface area contributed by atoms with Crippen molar-refractivity contribution in [3.05, 3.63) is 29.8 Å². The van der Waals surface area contributed by atoms with E-state index in [4.69, 9.17) is 5.11 Å². The molecule has 1 atom stereocenters. The second-order valence-corrected chi connectivity index (χ2v) is 4.02. The molecule has 7 heteroatoms. The van der Waals surface area contributed by atoms with Crippen LogP contribution in [0.2, 0.25) is 0 Å². The lowest BCUT2D eigenvalue weighted by molar-refractivity contribution is -0.140. The van der Waals surface area contributed by atoms with Crippen LogP contribution < -0.4 is 10.6 Å². The van der Waals surface area contributed by atoms with Gasteiger partial charge in [0.05, 0.1) is 0 Å². The zero-order valence-corrected chi connectivity index (χ0v) is 9.53. The molecule has 0 aromatic heterocycles. The molecule has 0 bridgehead atoms. The molecular formula is C10H10F2NO3P. The van der Waals surface area contributed by atoms with Crippen LogP contribution in [0.1, 0.15) is 5.56 Å². The molecule has 0 saturated carbocycles. The Morgan fingerprint density at radius 1 is 1.35 bits per heavy atom. The summed E-state index contributed by atoms with van der Waals surface area (Å²) in [7, 11) is -0.138. The first-order valence-corrected chi connectivity index (χ1v) is 5.53. The molecule has 0 unspecified atom stereocenters. The third-order valence-electron chi connectivity index (χ3n) is 2.11. The van der Waals surface area contributed by atoms with E-state index in [9.17, 15) is 18.1 Å². The summed E-state index contributed by atoms with van der Waals surface area (Å²) in [5.41, 5.74) is 0.581. The van der Waals surface area contributed by atoms with Crippen LogP contribution in [-0.2, 0) is 15.8 Å². The Bertz CT molecular complexity index is 397. The van der Waals surface area contributed by atoms with Gasteiger partial charge in [0.25, 0.3) is 6.55 Å².